The van der Waals surface area contributed by atoms with E-state index in [0.29, 0.717) is 0 Å². The minimum Gasteiger partial charge on any atom is -0.205 e. The normalized spacial score (nSPS) is 10.9. The molecule has 0 spiro atoms. The molecule has 0 saturated heterocycles. The molecule has 1 heteroatoms. The van der Waals surface area contributed by atoms with E-state index in [-0.39, 0.29) is 0 Å². The third kappa shape index (κ3) is 8.35. The van der Waals surface area contributed by atoms with Gasteiger partial charge >= 0.3 is 0 Å². The lowest BCUT2D eigenvalue weighted by Crippen LogP contribution is -2.33. The van der Waals surface area contributed by atoms with Crippen molar-refractivity contribution in [2.24, 2.45) is 0 Å². The second kappa shape index (κ2) is 11.9. The molecule has 1 rings (SSSR count). The van der Waals surface area contributed by atoms with Crippen molar-refractivity contribution in [2.75, 3.05) is 0 Å². The van der Waals surface area contributed by atoms with Crippen molar-refractivity contribution in [1.82, 2.24) is 0 Å². The molecule has 1 heterocycles. The van der Waals surface area contributed by atoms with Crippen LogP contribution in [0.25, 0.3) is 0 Å². The highest BCUT2D eigenvalue weighted by Crippen LogP contribution is 2.09. The van der Waals surface area contributed by atoms with E-state index in [1.54, 1.807) is 0 Å². The third-order valence-corrected chi connectivity index (χ3v) is 4.01. The van der Waals surface area contributed by atoms with E-state index in [9.17, 15) is 0 Å². The summed E-state index contributed by atoms with van der Waals surface area (Å²) in [5.74, 6) is 0. The Hall–Kier alpha value is -0.850. The highest BCUT2D eigenvalue weighted by atomic mass is 14.9. The summed E-state index contributed by atoms with van der Waals surface area (Å²) in [7, 11) is 0. The summed E-state index contributed by atoms with van der Waals surface area (Å²) >= 11 is 0. The lowest BCUT2D eigenvalue weighted by Gasteiger charge is -2.02. The van der Waals surface area contributed by atoms with Crippen molar-refractivity contribution >= 4 is 0 Å². The van der Waals surface area contributed by atoms with E-state index in [1.807, 2.05) is 0 Å². The molecular weight excluding hydrogens is 242 g/mol. The zero-order valence-corrected chi connectivity index (χ0v) is 13.7. The first-order chi connectivity index (χ1) is 9.86. The second-order valence-electron chi connectivity index (χ2n) is 6.03. The molecular formula is C19H34N+. The summed E-state index contributed by atoms with van der Waals surface area (Å²) in [5.41, 5.74) is 1.51. The molecule has 114 valence electrons. The number of hydrogen-bond acceptors (Lipinski definition) is 0. The van der Waals surface area contributed by atoms with Gasteiger partial charge in [-0.15, -0.1) is 0 Å². The maximum atomic E-state index is 2.37. The van der Waals surface area contributed by atoms with Crippen LogP contribution >= 0.6 is 0 Å². The number of hydrogen-bond donors (Lipinski definition) is 0. The van der Waals surface area contributed by atoms with Gasteiger partial charge in [-0.3, -0.25) is 0 Å². The fourth-order valence-corrected chi connectivity index (χ4v) is 2.69. The molecule has 0 bridgehead atoms. The molecule has 0 fully saturated rings. The largest absolute Gasteiger partial charge is 0.205 e. The first-order valence-electron chi connectivity index (χ1n) is 8.84. The smallest absolute Gasteiger partial charge is 0.171 e. The van der Waals surface area contributed by atoms with Crippen molar-refractivity contribution < 1.29 is 4.57 Å². The van der Waals surface area contributed by atoms with Gasteiger partial charge in [0, 0.05) is 18.1 Å². The number of nitrogens with zero attached hydrogens (tertiary/aromatic N) is 1. The van der Waals surface area contributed by atoms with Crippen LogP contribution in [-0.2, 0) is 13.0 Å². The molecule has 0 aliphatic heterocycles. The van der Waals surface area contributed by atoms with E-state index in [1.165, 1.54) is 82.7 Å². The van der Waals surface area contributed by atoms with Gasteiger partial charge in [0.2, 0.25) is 0 Å². The van der Waals surface area contributed by atoms with Gasteiger partial charge in [-0.25, -0.2) is 4.57 Å². The van der Waals surface area contributed by atoms with Crippen molar-refractivity contribution in [2.45, 2.75) is 91.0 Å². The van der Waals surface area contributed by atoms with Crippen LogP contribution in [0.2, 0.25) is 0 Å². The van der Waals surface area contributed by atoms with E-state index < -0.39 is 0 Å². The van der Waals surface area contributed by atoms with Crippen LogP contribution in [0.5, 0.6) is 0 Å². The minimum atomic E-state index is 1.18. The van der Waals surface area contributed by atoms with E-state index >= 15 is 0 Å². The lowest BCUT2D eigenvalue weighted by atomic mass is 10.1. The molecule has 0 saturated carbocycles. The summed E-state index contributed by atoms with van der Waals surface area (Å²) in [6.45, 7) is 5.73. The zero-order valence-electron chi connectivity index (χ0n) is 13.7. The Morgan fingerprint density at radius 1 is 0.800 bits per heavy atom. The Labute approximate surface area is 126 Å². The van der Waals surface area contributed by atoms with Gasteiger partial charge in [-0.2, -0.15) is 0 Å². The van der Waals surface area contributed by atoms with Gasteiger partial charge < -0.3 is 0 Å². The van der Waals surface area contributed by atoms with Crippen LogP contribution in [0.1, 0.15) is 83.6 Å². The van der Waals surface area contributed by atoms with Gasteiger partial charge in [-0.1, -0.05) is 58.8 Å². The fourth-order valence-electron chi connectivity index (χ4n) is 2.69. The zero-order chi connectivity index (χ0) is 14.5. The summed E-state index contributed by atoms with van der Waals surface area (Å²) in [5, 5.41) is 0. The molecule has 0 unspecified atom stereocenters. The van der Waals surface area contributed by atoms with E-state index in [0.717, 1.165) is 0 Å². The van der Waals surface area contributed by atoms with Gasteiger partial charge in [-0.05, 0) is 25.3 Å². The average molecular weight is 276 g/mol. The Morgan fingerprint density at radius 2 is 1.45 bits per heavy atom. The molecule has 20 heavy (non-hydrogen) atoms. The number of unbranched alkanes of at least 4 members (excludes halogenated alkanes) is 8. The van der Waals surface area contributed by atoms with Crippen LogP contribution < -0.4 is 4.57 Å². The van der Waals surface area contributed by atoms with Crippen LogP contribution in [0, 0.1) is 0 Å². The summed E-state index contributed by atoms with van der Waals surface area (Å²) in [4.78, 5) is 0. The summed E-state index contributed by atoms with van der Waals surface area (Å²) < 4.78 is 2.37. The molecule has 1 nitrogen and oxygen atoms in total. The molecule has 0 aliphatic carbocycles. The Bertz CT molecular complexity index is 332. The maximum Gasteiger partial charge on any atom is 0.171 e. The van der Waals surface area contributed by atoms with Crippen LogP contribution in [-0.4, -0.2) is 0 Å². The van der Waals surface area contributed by atoms with Crippen LogP contribution in [0.15, 0.2) is 24.5 Å². The molecule has 0 atom stereocenters. The molecule has 1 aromatic rings. The van der Waals surface area contributed by atoms with Crippen molar-refractivity contribution in [3.05, 3.63) is 30.1 Å². The molecule has 0 N–H and O–H groups in total. The standard InChI is InChI=1S/C19H34N/c1-3-5-7-8-9-10-11-14-19-15-13-17-20(18-19)16-12-6-4-2/h13,15,17-18H,3-12,14,16H2,1-2H3/q+1. The van der Waals surface area contributed by atoms with Gasteiger partial charge in [0.25, 0.3) is 0 Å². The second-order valence-corrected chi connectivity index (χ2v) is 6.03. The van der Waals surface area contributed by atoms with E-state index in [2.05, 4.69) is 42.9 Å². The summed E-state index contributed by atoms with van der Waals surface area (Å²) in [6.07, 6.45) is 19.6. The van der Waals surface area contributed by atoms with Crippen LogP contribution in [0.4, 0.5) is 0 Å². The molecule has 0 radical (unpaired) electrons. The van der Waals surface area contributed by atoms with Crippen molar-refractivity contribution in [1.29, 1.82) is 0 Å². The predicted molar refractivity (Wildman–Crippen MR) is 87.9 cm³/mol. The van der Waals surface area contributed by atoms with Crippen molar-refractivity contribution in [3.63, 3.8) is 0 Å². The number of aryl methyl sites for hydroxylation is 2. The Kier molecular flexibility index (Phi) is 10.3. The monoisotopic (exact) mass is 276 g/mol. The van der Waals surface area contributed by atoms with Crippen molar-refractivity contribution in [3.8, 4) is 0 Å². The molecule has 0 amide bonds. The number of pyridine rings is 1. The van der Waals surface area contributed by atoms with E-state index in [4.69, 9.17) is 0 Å². The minimum absolute atomic E-state index is 1.18. The molecule has 1 aromatic heterocycles. The first-order valence-corrected chi connectivity index (χ1v) is 8.84. The lowest BCUT2D eigenvalue weighted by molar-refractivity contribution is -0.697. The van der Waals surface area contributed by atoms with Gasteiger partial charge in [0.1, 0.15) is 6.54 Å². The molecule has 0 aromatic carbocycles. The van der Waals surface area contributed by atoms with Crippen LogP contribution in [0.3, 0.4) is 0 Å². The predicted octanol–water partition coefficient (Wildman–Crippen LogP) is 5.46. The maximum absolute atomic E-state index is 2.37. The summed E-state index contributed by atoms with van der Waals surface area (Å²) in [6, 6.07) is 4.50. The number of rotatable bonds is 12. The highest BCUT2D eigenvalue weighted by molar-refractivity contribution is 5.05. The Balaban J connectivity index is 2.14. The Morgan fingerprint density at radius 3 is 2.20 bits per heavy atom. The topological polar surface area (TPSA) is 3.88 Å². The average Bonchev–Trinajstić information content (AvgIpc) is 2.47. The number of aromatic nitrogens is 1. The van der Waals surface area contributed by atoms with Gasteiger partial charge in [0.15, 0.2) is 12.4 Å². The quantitative estimate of drug-likeness (QED) is 0.353. The fraction of sp³-hybridized carbons (Fsp3) is 0.737. The highest BCUT2D eigenvalue weighted by Gasteiger charge is 2.02. The SMILES string of the molecule is CCCCCCCCCc1ccc[n+](CCCCC)c1. The first kappa shape index (κ1) is 17.2. The third-order valence-electron chi connectivity index (χ3n) is 4.01. The molecule has 0 aliphatic rings. The van der Waals surface area contributed by atoms with Gasteiger partial charge in [0.05, 0.1) is 0 Å².